The maximum Gasteiger partial charge on any atom is -0.0141 e. The summed E-state index contributed by atoms with van der Waals surface area (Å²) in [5, 5.41) is 0. The molecule has 1 atom stereocenters. The first-order valence-corrected chi connectivity index (χ1v) is 8.66. The summed E-state index contributed by atoms with van der Waals surface area (Å²) in [6, 6.07) is 0. The van der Waals surface area contributed by atoms with Gasteiger partial charge in [-0.25, -0.2) is 0 Å². The molecule has 0 rings (SSSR count). The molecule has 0 aliphatic rings. The SMILES string of the molecule is C=CCC(=CCCC(=CCC)C(C)CC)CCC=C(C)C. The molecule has 0 heterocycles. The van der Waals surface area contributed by atoms with Crippen LogP contribution in [0.1, 0.15) is 79.6 Å². The molecule has 0 saturated carbocycles. The summed E-state index contributed by atoms with van der Waals surface area (Å²) in [6.07, 6.45) is 17.4. The van der Waals surface area contributed by atoms with Crippen molar-refractivity contribution in [1.29, 1.82) is 0 Å². The fourth-order valence-electron chi connectivity index (χ4n) is 2.54. The Kier molecular flexibility index (Phi) is 12.1. The Labute approximate surface area is 133 Å². The van der Waals surface area contributed by atoms with E-state index < -0.39 is 0 Å². The summed E-state index contributed by atoms with van der Waals surface area (Å²) in [5.41, 5.74) is 4.60. The molecule has 0 spiro atoms. The van der Waals surface area contributed by atoms with Crippen LogP contribution in [-0.4, -0.2) is 0 Å². The zero-order valence-electron chi connectivity index (χ0n) is 15.0. The summed E-state index contributed by atoms with van der Waals surface area (Å²) < 4.78 is 0. The first kappa shape index (κ1) is 20.0. The highest BCUT2D eigenvalue weighted by molar-refractivity contribution is 5.11. The van der Waals surface area contributed by atoms with E-state index in [2.05, 4.69) is 59.4 Å². The van der Waals surface area contributed by atoms with Crippen LogP contribution in [0.4, 0.5) is 0 Å². The second-order valence-corrected chi connectivity index (χ2v) is 6.21. The van der Waals surface area contributed by atoms with E-state index in [1.54, 1.807) is 11.1 Å². The van der Waals surface area contributed by atoms with Gasteiger partial charge in [-0.3, -0.25) is 0 Å². The predicted molar refractivity (Wildman–Crippen MR) is 98.6 cm³/mol. The van der Waals surface area contributed by atoms with Crippen molar-refractivity contribution in [2.75, 3.05) is 0 Å². The molecule has 0 fully saturated rings. The van der Waals surface area contributed by atoms with Gasteiger partial charge in [-0.05, 0) is 64.7 Å². The highest BCUT2D eigenvalue weighted by atomic mass is 14.1. The Bertz CT molecular complexity index is 361. The zero-order valence-corrected chi connectivity index (χ0v) is 15.0. The van der Waals surface area contributed by atoms with Crippen molar-refractivity contribution in [2.24, 2.45) is 5.92 Å². The maximum atomic E-state index is 3.89. The Morgan fingerprint density at radius 1 is 1.00 bits per heavy atom. The molecule has 0 saturated heterocycles. The van der Waals surface area contributed by atoms with Crippen LogP contribution in [0.5, 0.6) is 0 Å². The van der Waals surface area contributed by atoms with E-state index >= 15 is 0 Å². The minimum atomic E-state index is 0.729. The van der Waals surface area contributed by atoms with Gasteiger partial charge < -0.3 is 0 Å². The van der Waals surface area contributed by atoms with Crippen molar-refractivity contribution in [3.8, 4) is 0 Å². The van der Waals surface area contributed by atoms with Gasteiger partial charge in [0.1, 0.15) is 0 Å². The van der Waals surface area contributed by atoms with E-state index in [4.69, 9.17) is 0 Å². The fourth-order valence-corrected chi connectivity index (χ4v) is 2.54. The molecule has 0 N–H and O–H groups in total. The van der Waals surface area contributed by atoms with Gasteiger partial charge in [0.15, 0.2) is 0 Å². The third-order valence-corrected chi connectivity index (χ3v) is 4.00. The Hall–Kier alpha value is -1.04. The molecule has 0 amide bonds. The van der Waals surface area contributed by atoms with Crippen molar-refractivity contribution in [3.05, 3.63) is 47.6 Å². The number of allylic oxidation sites excluding steroid dienone is 7. The number of hydrogen-bond donors (Lipinski definition) is 0. The van der Waals surface area contributed by atoms with E-state index in [1.165, 1.54) is 31.3 Å². The van der Waals surface area contributed by atoms with Crippen molar-refractivity contribution in [2.45, 2.75) is 79.6 Å². The molecule has 120 valence electrons. The molecule has 0 heteroatoms. The van der Waals surface area contributed by atoms with Crippen molar-refractivity contribution in [3.63, 3.8) is 0 Å². The van der Waals surface area contributed by atoms with Gasteiger partial charge in [-0.2, -0.15) is 0 Å². The molecule has 0 nitrogen and oxygen atoms in total. The predicted octanol–water partition coefficient (Wildman–Crippen LogP) is 7.40. The summed E-state index contributed by atoms with van der Waals surface area (Å²) >= 11 is 0. The monoisotopic (exact) mass is 288 g/mol. The van der Waals surface area contributed by atoms with Crippen molar-refractivity contribution in [1.82, 2.24) is 0 Å². The highest BCUT2D eigenvalue weighted by Gasteiger charge is 2.05. The lowest BCUT2D eigenvalue weighted by atomic mass is 9.92. The molecule has 1 unspecified atom stereocenters. The quantitative estimate of drug-likeness (QED) is 0.347. The van der Waals surface area contributed by atoms with Gasteiger partial charge in [-0.15, -0.1) is 6.58 Å². The van der Waals surface area contributed by atoms with Gasteiger partial charge in [0.2, 0.25) is 0 Å². The molecule has 0 aromatic rings. The van der Waals surface area contributed by atoms with Crippen LogP contribution in [0, 0.1) is 5.92 Å². The molecule has 21 heavy (non-hydrogen) atoms. The molecule has 0 radical (unpaired) electrons. The third kappa shape index (κ3) is 10.3. The number of rotatable bonds is 11. The standard InChI is InChI=1S/C21H36/c1-7-12-20(15-10-14-18(4)5)16-11-17-21(13-8-2)19(6)9-3/h7,13-14,16,19H,1,8-12,15,17H2,2-6H3. The lowest BCUT2D eigenvalue weighted by Gasteiger charge is -2.14. The summed E-state index contributed by atoms with van der Waals surface area (Å²) in [7, 11) is 0. The minimum absolute atomic E-state index is 0.729. The molecule has 0 bridgehead atoms. The van der Waals surface area contributed by atoms with Crippen LogP contribution in [0.15, 0.2) is 47.6 Å². The smallest absolute Gasteiger partial charge is 0.0141 e. The Morgan fingerprint density at radius 3 is 2.19 bits per heavy atom. The lowest BCUT2D eigenvalue weighted by Crippen LogP contribution is -1.98. The average Bonchev–Trinajstić information content (AvgIpc) is 2.45. The molecular weight excluding hydrogens is 252 g/mol. The van der Waals surface area contributed by atoms with E-state index in [-0.39, 0.29) is 0 Å². The summed E-state index contributed by atoms with van der Waals surface area (Å²) in [5.74, 6) is 0.729. The van der Waals surface area contributed by atoms with E-state index in [0.29, 0.717) is 0 Å². The molecule has 0 aliphatic heterocycles. The van der Waals surface area contributed by atoms with Crippen molar-refractivity contribution >= 4 is 0 Å². The Balaban J connectivity index is 4.50. The summed E-state index contributed by atoms with van der Waals surface area (Å²) in [6.45, 7) is 15.1. The van der Waals surface area contributed by atoms with Gasteiger partial charge in [0.05, 0.1) is 0 Å². The molecule has 0 aromatic carbocycles. The largest absolute Gasteiger partial charge is 0.103 e. The third-order valence-electron chi connectivity index (χ3n) is 4.00. The maximum absolute atomic E-state index is 3.89. The molecule has 0 aliphatic carbocycles. The van der Waals surface area contributed by atoms with Crippen LogP contribution in [-0.2, 0) is 0 Å². The van der Waals surface area contributed by atoms with Gasteiger partial charge in [-0.1, -0.05) is 61.8 Å². The second-order valence-electron chi connectivity index (χ2n) is 6.21. The summed E-state index contributed by atoms with van der Waals surface area (Å²) in [4.78, 5) is 0. The molecular formula is C21H36. The fraction of sp³-hybridized carbons (Fsp3) is 0.619. The number of hydrogen-bond acceptors (Lipinski definition) is 0. The first-order chi connectivity index (χ1) is 10.0. The molecule has 0 aromatic heterocycles. The van der Waals surface area contributed by atoms with Gasteiger partial charge in [0.25, 0.3) is 0 Å². The van der Waals surface area contributed by atoms with E-state index in [1.807, 2.05) is 6.08 Å². The topological polar surface area (TPSA) is 0 Å². The lowest BCUT2D eigenvalue weighted by molar-refractivity contribution is 0.620. The first-order valence-electron chi connectivity index (χ1n) is 8.66. The second kappa shape index (κ2) is 12.7. The highest BCUT2D eigenvalue weighted by Crippen LogP contribution is 2.22. The van der Waals surface area contributed by atoms with E-state index in [9.17, 15) is 0 Å². The minimum Gasteiger partial charge on any atom is -0.103 e. The van der Waals surface area contributed by atoms with Crippen LogP contribution in [0.3, 0.4) is 0 Å². The normalized spacial score (nSPS) is 14.0. The zero-order chi connectivity index (χ0) is 16.1. The van der Waals surface area contributed by atoms with Crippen LogP contribution in [0.2, 0.25) is 0 Å². The van der Waals surface area contributed by atoms with Crippen LogP contribution >= 0.6 is 0 Å². The average molecular weight is 289 g/mol. The van der Waals surface area contributed by atoms with Crippen LogP contribution in [0.25, 0.3) is 0 Å². The van der Waals surface area contributed by atoms with Gasteiger partial charge in [0, 0.05) is 0 Å². The van der Waals surface area contributed by atoms with Gasteiger partial charge >= 0.3 is 0 Å². The Morgan fingerprint density at radius 2 is 1.67 bits per heavy atom. The van der Waals surface area contributed by atoms with Crippen molar-refractivity contribution < 1.29 is 0 Å². The van der Waals surface area contributed by atoms with Crippen LogP contribution < -0.4 is 0 Å². The van der Waals surface area contributed by atoms with E-state index in [0.717, 1.165) is 25.2 Å².